The van der Waals surface area contributed by atoms with E-state index in [0.29, 0.717) is 37.3 Å². The summed E-state index contributed by atoms with van der Waals surface area (Å²) in [6, 6.07) is 24.4. The Morgan fingerprint density at radius 1 is 0.900 bits per heavy atom. The van der Waals surface area contributed by atoms with Crippen LogP contribution in [0.3, 0.4) is 0 Å². The van der Waals surface area contributed by atoms with Crippen LogP contribution in [-0.4, -0.2) is 57.3 Å². The zero-order valence-corrected chi connectivity index (χ0v) is 22.6. The molecule has 8 nitrogen and oxygen atoms in total. The van der Waals surface area contributed by atoms with Crippen molar-refractivity contribution in [3.63, 3.8) is 0 Å². The monoisotopic (exact) mass is 559 g/mol. The van der Waals surface area contributed by atoms with Gasteiger partial charge in [0.2, 0.25) is 15.9 Å². The van der Waals surface area contributed by atoms with E-state index in [4.69, 9.17) is 11.1 Å². The number of nitrogens with two attached hydrogens (primary N) is 1. The summed E-state index contributed by atoms with van der Waals surface area (Å²) in [6.45, 7) is 1.83. The molecule has 40 heavy (non-hydrogen) atoms. The zero-order chi connectivity index (χ0) is 28.3. The number of amidine groups is 1. The highest BCUT2D eigenvalue weighted by molar-refractivity contribution is 7.89. The summed E-state index contributed by atoms with van der Waals surface area (Å²) in [5, 5.41) is 9.44. The van der Waals surface area contributed by atoms with Gasteiger partial charge in [-0.15, -0.1) is 0 Å². The van der Waals surface area contributed by atoms with Gasteiger partial charge in [0.25, 0.3) is 0 Å². The molecule has 1 aliphatic rings. The molecule has 4 aromatic rings. The molecule has 0 radical (unpaired) electrons. The quantitative estimate of drug-likeness (QED) is 0.226. The molecule has 5 rings (SSSR count). The lowest BCUT2D eigenvalue weighted by atomic mass is 10.0. The third-order valence-electron chi connectivity index (χ3n) is 7.09. The van der Waals surface area contributed by atoms with Crippen molar-refractivity contribution in [2.75, 3.05) is 31.1 Å². The highest BCUT2D eigenvalue weighted by Crippen LogP contribution is 2.21. The number of halogens is 1. The van der Waals surface area contributed by atoms with E-state index in [-0.39, 0.29) is 28.9 Å². The van der Waals surface area contributed by atoms with Crippen LogP contribution in [0.5, 0.6) is 0 Å². The maximum absolute atomic E-state index is 13.8. The molecule has 0 unspecified atom stereocenters. The molecule has 1 atom stereocenters. The Morgan fingerprint density at radius 2 is 1.60 bits per heavy atom. The lowest BCUT2D eigenvalue weighted by Gasteiger charge is -2.37. The van der Waals surface area contributed by atoms with E-state index in [1.165, 1.54) is 18.2 Å². The second-order valence-electron chi connectivity index (χ2n) is 9.79. The van der Waals surface area contributed by atoms with E-state index in [1.54, 1.807) is 53.4 Å². The van der Waals surface area contributed by atoms with Gasteiger partial charge in [-0.3, -0.25) is 10.2 Å². The number of anilines is 1. The van der Waals surface area contributed by atoms with Crippen LogP contribution in [0, 0.1) is 11.2 Å². The minimum Gasteiger partial charge on any atom is -0.384 e. The van der Waals surface area contributed by atoms with Crippen LogP contribution in [0.4, 0.5) is 10.1 Å². The molecule has 1 heterocycles. The smallest absolute Gasteiger partial charge is 0.241 e. The molecule has 4 aromatic carbocycles. The first-order valence-electron chi connectivity index (χ1n) is 12.9. The summed E-state index contributed by atoms with van der Waals surface area (Å²) < 4.78 is 43.1. The van der Waals surface area contributed by atoms with E-state index < -0.39 is 16.1 Å². The SMILES string of the molecule is N=C(N)c1cccc(C[C@H](NS(=O)(=O)c2ccc3ccccc3c2)C(=O)N2CCN(c3ccc(F)cc3)CC2)c1. The lowest BCUT2D eigenvalue weighted by molar-refractivity contribution is -0.133. The summed E-state index contributed by atoms with van der Waals surface area (Å²) in [7, 11) is -4.05. The molecule has 1 aliphatic heterocycles. The fourth-order valence-electron chi connectivity index (χ4n) is 4.93. The Kier molecular flexibility index (Phi) is 7.81. The van der Waals surface area contributed by atoms with E-state index in [0.717, 1.165) is 16.5 Å². The van der Waals surface area contributed by atoms with Gasteiger partial charge in [-0.05, 0) is 65.2 Å². The minimum atomic E-state index is -4.05. The van der Waals surface area contributed by atoms with Crippen LogP contribution in [-0.2, 0) is 21.2 Å². The second-order valence-corrected chi connectivity index (χ2v) is 11.5. The number of hydrogen-bond donors (Lipinski definition) is 3. The van der Waals surface area contributed by atoms with Crippen LogP contribution < -0.4 is 15.4 Å². The van der Waals surface area contributed by atoms with Gasteiger partial charge in [0.05, 0.1) is 4.90 Å². The largest absolute Gasteiger partial charge is 0.384 e. The Labute approximate surface area is 232 Å². The number of benzene rings is 4. The molecular weight excluding hydrogens is 529 g/mol. The number of carbonyl (C=O) groups is 1. The van der Waals surface area contributed by atoms with Gasteiger partial charge in [-0.1, -0.05) is 48.5 Å². The lowest BCUT2D eigenvalue weighted by Crippen LogP contribution is -2.55. The van der Waals surface area contributed by atoms with Crippen LogP contribution >= 0.6 is 0 Å². The van der Waals surface area contributed by atoms with Crippen LogP contribution in [0.15, 0.2) is 95.9 Å². The molecule has 0 aliphatic carbocycles. The van der Waals surface area contributed by atoms with Gasteiger partial charge < -0.3 is 15.5 Å². The van der Waals surface area contributed by atoms with Crippen molar-refractivity contribution in [2.45, 2.75) is 17.4 Å². The van der Waals surface area contributed by atoms with E-state index >= 15 is 0 Å². The van der Waals surface area contributed by atoms with Gasteiger partial charge in [0, 0.05) is 37.4 Å². The Balaban J connectivity index is 1.38. The van der Waals surface area contributed by atoms with Gasteiger partial charge in [-0.2, -0.15) is 4.72 Å². The molecule has 206 valence electrons. The number of amides is 1. The number of nitrogen functional groups attached to an aromatic ring is 1. The summed E-state index contributed by atoms with van der Waals surface area (Å²) in [5.74, 6) is -0.761. The Hall–Kier alpha value is -4.28. The molecule has 0 aromatic heterocycles. The number of nitrogens with one attached hydrogen (secondary N) is 2. The molecule has 1 fully saturated rings. The molecule has 4 N–H and O–H groups in total. The van der Waals surface area contributed by atoms with Crippen molar-refractivity contribution in [2.24, 2.45) is 5.73 Å². The van der Waals surface area contributed by atoms with Gasteiger partial charge in [-0.25, -0.2) is 12.8 Å². The van der Waals surface area contributed by atoms with Crippen molar-refractivity contribution >= 4 is 38.2 Å². The minimum absolute atomic E-state index is 0.0719. The molecule has 10 heteroatoms. The highest BCUT2D eigenvalue weighted by atomic mass is 32.2. The maximum atomic E-state index is 13.8. The van der Waals surface area contributed by atoms with E-state index in [2.05, 4.69) is 9.62 Å². The first-order valence-corrected chi connectivity index (χ1v) is 14.4. The predicted molar refractivity (Wildman–Crippen MR) is 154 cm³/mol. The summed E-state index contributed by atoms with van der Waals surface area (Å²) >= 11 is 0. The number of fused-ring (bicyclic) bond motifs is 1. The van der Waals surface area contributed by atoms with Crippen molar-refractivity contribution in [1.29, 1.82) is 5.41 Å². The molecule has 0 spiro atoms. The van der Waals surface area contributed by atoms with Gasteiger partial charge in [0.15, 0.2) is 0 Å². The highest BCUT2D eigenvalue weighted by Gasteiger charge is 2.31. The number of piperazine rings is 1. The second kappa shape index (κ2) is 11.4. The number of carbonyl (C=O) groups excluding carboxylic acids is 1. The standard InChI is InChI=1S/C30H30FN5O3S/c31-25-9-11-26(12-10-25)35-14-16-36(17-15-35)30(37)28(19-21-4-3-7-24(18-21)29(32)33)34-40(38,39)27-13-8-22-5-1-2-6-23(22)20-27/h1-13,18,20,28,34H,14-17,19H2,(H3,32,33)/t28-/m0/s1. The van der Waals surface area contributed by atoms with Gasteiger partial charge in [0.1, 0.15) is 17.7 Å². The fraction of sp³-hybridized carbons (Fsp3) is 0.200. The Bertz CT molecular complexity index is 1650. The van der Waals surface area contributed by atoms with Gasteiger partial charge >= 0.3 is 0 Å². The topological polar surface area (TPSA) is 120 Å². The fourth-order valence-corrected chi connectivity index (χ4v) is 6.15. The first-order chi connectivity index (χ1) is 19.2. The normalized spacial score (nSPS) is 14.7. The van der Waals surface area contributed by atoms with Crippen molar-refractivity contribution in [3.8, 4) is 0 Å². The number of nitrogens with zero attached hydrogens (tertiary/aromatic N) is 2. The van der Waals surface area contributed by atoms with Crippen LogP contribution in [0.25, 0.3) is 10.8 Å². The Morgan fingerprint density at radius 3 is 2.30 bits per heavy atom. The summed E-state index contributed by atoms with van der Waals surface area (Å²) in [4.78, 5) is 17.6. The van der Waals surface area contributed by atoms with Crippen molar-refractivity contribution in [1.82, 2.24) is 9.62 Å². The molecule has 0 bridgehead atoms. The number of hydrogen-bond acceptors (Lipinski definition) is 5. The molecular formula is C30H30FN5O3S. The van der Waals surface area contributed by atoms with E-state index in [1.807, 2.05) is 24.3 Å². The van der Waals surface area contributed by atoms with E-state index in [9.17, 15) is 17.6 Å². The number of sulfonamides is 1. The molecule has 0 saturated carbocycles. The van der Waals surface area contributed by atoms with Crippen molar-refractivity contribution in [3.05, 3.63) is 108 Å². The zero-order valence-electron chi connectivity index (χ0n) is 21.8. The third-order valence-corrected chi connectivity index (χ3v) is 8.56. The maximum Gasteiger partial charge on any atom is 0.241 e. The van der Waals surface area contributed by atoms with Crippen molar-refractivity contribution < 1.29 is 17.6 Å². The average Bonchev–Trinajstić information content (AvgIpc) is 2.96. The summed E-state index contributed by atoms with van der Waals surface area (Å²) in [5.41, 5.74) is 7.69. The number of rotatable bonds is 8. The first kappa shape index (κ1) is 27.3. The predicted octanol–water partition coefficient (Wildman–Crippen LogP) is 3.50. The molecule has 1 saturated heterocycles. The summed E-state index contributed by atoms with van der Waals surface area (Å²) in [6.07, 6.45) is 0.0882. The van der Waals surface area contributed by atoms with Crippen LogP contribution in [0.2, 0.25) is 0 Å². The average molecular weight is 560 g/mol. The molecule has 1 amide bonds. The van der Waals surface area contributed by atoms with Crippen LogP contribution in [0.1, 0.15) is 11.1 Å². The third kappa shape index (κ3) is 6.13.